The van der Waals surface area contributed by atoms with Crippen molar-refractivity contribution in [2.75, 3.05) is 19.6 Å². The molecule has 1 fully saturated rings. The number of nitrogens with zero attached hydrogens (tertiary/aromatic N) is 1. The van der Waals surface area contributed by atoms with E-state index in [0.717, 1.165) is 11.8 Å². The van der Waals surface area contributed by atoms with Gasteiger partial charge >= 0.3 is 0 Å². The Morgan fingerprint density at radius 1 is 1.15 bits per heavy atom. The van der Waals surface area contributed by atoms with Crippen molar-refractivity contribution in [1.82, 2.24) is 4.90 Å². The number of hydrogen-bond donors (Lipinski definition) is 0. The Balaban J connectivity index is 2.26. The SMILES string of the molecule is CCN(CC)CC1CCCC(C)C1. The van der Waals surface area contributed by atoms with Gasteiger partial charge in [-0.3, -0.25) is 0 Å². The minimum Gasteiger partial charge on any atom is -0.304 e. The van der Waals surface area contributed by atoms with E-state index in [0.29, 0.717) is 0 Å². The zero-order chi connectivity index (χ0) is 9.68. The van der Waals surface area contributed by atoms with Gasteiger partial charge in [0.2, 0.25) is 0 Å². The summed E-state index contributed by atoms with van der Waals surface area (Å²) in [5, 5.41) is 0. The molecule has 1 aliphatic rings. The maximum Gasteiger partial charge on any atom is 0.000952 e. The fraction of sp³-hybridized carbons (Fsp3) is 1.00. The summed E-state index contributed by atoms with van der Waals surface area (Å²) in [6, 6.07) is 0. The Hall–Kier alpha value is -0.0400. The lowest BCUT2D eigenvalue weighted by atomic mass is 9.82. The van der Waals surface area contributed by atoms with Crippen LogP contribution in [0.25, 0.3) is 0 Å². The molecule has 13 heavy (non-hydrogen) atoms. The molecule has 78 valence electrons. The summed E-state index contributed by atoms with van der Waals surface area (Å²) in [5.74, 6) is 1.97. The van der Waals surface area contributed by atoms with Crippen molar-refractivity contribution in [2.45, 2.75) is 46.5 Å². The van der Waals surface area contributed by atoms with Gasteiger partial charge in [-0.1, -0.05) is 33.6 Å². The minimum absolute atomic E-state index is 0.981. The van der Waals surface area contributed by atoms with Crippen molar-refractivity contribution in [3.05, 3.63) is 0 Å². The molecule has 0 heterocycles. The first-order valence-electron chi connectivity index (χ1n) is 5.98. The van der Waals surface area contributed by atoms with Crippen LogP contribution in [-0.2, 0) is 0 Å². The van der Waals surface area contributed by atoms with Gasteiger partial charge in [-0.05, 0) is 37.8 Å². The van der Waals surface area contributed by atoms with Gasteiger partial charge in [-0.25, -0.2) is 0 Å². The van der Waals surface area contributed by atoms with E-state index >= 15 is 0 Å². The molecule has 1 saturated carbocycles. The topological polar surface area (TPSA) is 3.24 Å². The molecule has 0 radical (unpaired) electrons. The van der Waals surface area contributed by atoms with E-state index in [1.807, 2.05) is 0 Å². The van der Waals surface area contributed by atoms with Crippen molar-refractivity contribution in [3.63, 3.8) is 0 Å². The summed E-state index contributed by atoms with van der Waals surface area (Å²) < 4.78 is 0. The zero-order valence-electron chi connectivity index (χ0n) is 9.55. The molecule has 0 aromatic rings. The Morgan fingerprint density at radius 2 is 1.85 bits per heavy atom. The Labute approximate surface area is 83.5 Å². The summed E-state index contributed by atoms with van der Waals surface area (Å²) in [6.07, 6.45) is 5.87. The highest BCUT2D eigenvalue weighted by Crippen LogP contribution is 2.28. The maximum absolute atomic E-state index is 2.57. The van der Waals surface area contributed by atoms with Crippen LogP contribution >= 0.6 is 0 Å². The van der Waals surface area contributed by atoms with Gasteiger partial charge in [0, 0.05) is 6.54 Å². The molecule has 1 rings (SSSR count). The summed E-state index contributed by atoms with van der Waals surface area (Å²) in [5.41, 5.74) is 0. The van der Waals surface area contributed by atoms with E-state index in [9.17, 15) is 0 Å². The first-order chi connectivity index (χ1) is 6.26. The Bertz CT molecular complexity index is 129. The third-order valence-corrected chi connectivity index (χ3v) is 3.46. The summed E-state index contributed by atoms with van der Waals surface area (Å²) in [6.45, 7) is 10.8. The zero-order valence-corrected chi connectivity index (χ0v) is 9.55. The second kappa shape index (κ2) is 5.64. The van der Waals surface area contributed by atoms with Crippen molar-refractivity contribution in [2.24, 2.45) is 11.8 Å². The van der Waals surface area contributed by atoms with Crippen LogP contribution in [0.1, 0.15) is 46.5 Å². The summed E-state index contributed by atoms with van der Waals surface area (Å²) in [4.78, 5) is 2.57. The molecule has 0 aliphatic heterocycles. The van der Waals surface area contributed by atoms with Gasteiger partial charge in [0.15, 0.2) is 0 Å². The molecule has 0 bridgehead atoms. The van der Waals surface area contributed by atoms with Crippen LogP contribution in [0, 0.1) is 11.8 Å². The van der Waals surface area contributed by atoms with Crippen molar-refractivity contribution in [3.8, 4) is 0 Å². The monoisotopic (exact) mass is 183 g/mol. The first kappa shape index (κ1) is 11.0. The molecule has 2 unspecified atom stereocenters. The van der Waals surface area contributed by atoms with Crippen molar-refractivity contribution in [1.29, 1.82) is 0 Å². The van der Waals surface area contributed by atoms with E-state index in [1.165, 1.54) is 45.3 Å². The normalized spacial score (nSPS) is 29.5. The van der Waals surface area contributed by atoms with Crippen LogP contribution in [0.15, 0.2) is 0 Å². The van der Waals surface area contributed by atoms with Crippen LogP contribution in [0.2, 0.25) is 0 Å². The predicted molar refractivity (Wildman–Crippen MR) is 58.9 cm³/mol. The lowest BCUT2D eigenvalue weighted by Crippen LogP contribution is -2.31. The van der Waals surface area contributed by atoms with Gasteiger partial charge < -0.3 is 4.90 Å². The summed E-state index contributed by atoms with van der Waals surface area (Å²) >= 11 is 0. The van der Waals surface area contributed by atoms with Crippen LogP contribution in [0.3, 0.4) is 0 Å². The third-order valence-electron chi connectivity index (χ3n) is 3.46. The second-order valence-electron chi connectivity index (χ2n) is 4.62. The average Bonchev–Trinajstić information content (AvgIpc) is 2.14. The quantitative estimate of drug-likeness (QED) is 0.647. The molecular formula is C12H25N. The van der Waals surface area contributed by atoms with E-state index in [4.69, 9.17) is 0 Å². The molecule has 2 atom stereocenters. The average molecular weight is 183 g/mol. The van der Waals surface area contributed by atoms with Crippen molar-refractivity contribution >= 4 is 0 Å². The van der Waals surface area contributed by atoms with Gasteiger partial charge in [0.1, 0.15) is 0 Å². The third kappa shape index (κ3) is 3.68. The van der Waals surface area contributed by atoms with E-state index < -0.39 is 0 Å². The Morgan fingerprint density at radius 3 is 2.38 bits per heavy atom. The van der Waals surface area contributed by atoms with Crippen LogP contribution < -0.4 is 0 Å². The molecule has 1 aliphatic carbocycles. The van der Waals surface area contributed by atoms with Gasteiger partial charge in [-0.15, -0.1) is 0 Å². The predicted octanol–water partition coefficient (Wildman–Crippen LogP) is 3.15. The lowest BCUT2D eigenvalue weighted by molar-refractivity contribution is 0.191. The fourth-order valence-electron chi connectivity index (χ4n) is 2.57. The molecule has 0 saturated heterocycles. The highest BCUT2D eigenvalue weighted by atomic mass is 15.1. The molecular weight excluding hydrogens is 158 g/mol. The molecule has 0 aromatic heterocycles. The van der Waals surface area contributed by atoms with Crippen LogP contribution in [-0.4, -0.2) is 24.5 Å². The standard InChI is InChI=1S/C12H25N/c1-4-13(5-2)10-12-8-6-7-11(3)9-12/h11-12H,4-10H2,1-3H3. The molecule has 0 spiro atoms. The van der Waals surface area contributed by atoms with Gasteiger partial charge in [0.25, 0.3) is 0 Å². The molecule has 1 nitrogen and oxygen atoms in total. The fourth-order valence-corrected chi connectivity index (χ4v) is 2.57. The van der Waals surface area contributed by atoms with E-state index in [1.54, 1.807) is 0 Å². The number of hydrogen-bond acceptors (Lipinski definition) is 1. The highest BCUT2D eigenvalue weighted by molar-refractivity contribution is 4.73. The van der Waals surface area contributed by atoms with E-state index in [2.05, 4.69) is 25.7 Å². The second-order valence-corrected chi connectivity index (χ2v) is 4.62. The smallest absolute Gasteiger partial charge is 0.000952 e. The Kier molecular flexibility index (Phi) is 4.79. The minimum atomic E-state index is 0.981. The molecule has 0 N–H and O–H groups in total. The van der Waals surface area contributed by atoms with Gasteiger partial charge in [-0.2, -0.15) is 0 Å². The highest BCUT2D eigenvalue weighted by Gasteiger charge is 2.19. The number of rotatable bonds is 4. The van der Waals surface area contributed by atoms with Crippen LogP contribution in [0.5, 0.6) is 0 Å². The van der Waals surface area contributed by atoms with E-state index in [-0.39, 0.29) is 0 Å². The van der Waals surface area contributed by atoms with Crippen molar-refractivity contribution < 1.29 is 0 Å². The van der Waals surface area contributed by atoms with Gasteiger partial charge in [0.05, 0.1) is 0 Å². The first-order valence-corrected chi connectivity index (χ1v) is 5.98. The lowest BCUT2D eigenvalue weighted by Gasteiger charge is -2.31. The molecule has 1 heteroatoms. The molecule has 0 amide bonds. The van der Waals surface area contributed by atoms with Crippen LogP contribution in [0.4, 0.5) is 0 Å². The maximum atomic E-state index is 2.57. The largest absolute Gasteiger partial charge is 0.304 e. The summed E-state index contributed by atoms with van der Waals surface area (Å²) in [7, 11) is 0. The molecule has 0 aromatic carbocycles.